The molecule has 0 saturated carbocycles. The van der Waals surface area contributed by atoms with Crippen LogP contribution in [0.3, 0.4) is 0 Å². The van der Waals surface area contributed by atoms with E-state index in [1.807, 2.05) is 6.92 Å². The van der Waals surface area contributed by atoms with Gasteiger partial charge >= 0.3 is 0 Å². The predicted molar refractivity (Wildman–Crippen MR) is 217 cm³/mol. The Balaban J connectivity index is 1.83. The van der Waals surface area contributed by atoms with E-state index in [9.17, 15) is 38.7 Å². The van der Waals surface area contributed by atoms with E-state index in [-0.39, 0.29) is 50.6 Å². The number of nitrogens with two attached hydrogens (primary N) is 3. The number of primary amides is 1. The molecule has 21 heteroatoms. The number of aliphatic imine (C=N–C) groups is 1. The number of hydrogen-bond acceptors (Lipinski definition) is 11. The molecule has 0 aliphatic carbocycles. The van der Waals surface area contributed by atoms with Crippen LogP contribution in [0.5, 0.6) is 5.75 Å². The van der Waals surface area contributed by atoms with E-state index in [1.165, 1.54) is 36.5 Å². The number of phenolic OH excluding ortho intramolecular Hbond substituents is 1. The summed E-state index contributed by atoms with van der Waals surface area (Å²) in [5.41, 5.74) is 17.5. The van der Waals surface area contributed by atoms with Gasteiger partial charge in [0.25, 0.3) is 0 Å². The van der Waals surface area contributed by atoms with Gasteiger partial charge in [0.15, 0.2) is 5.96 Å². The largest absolute Gasteiger partial charge is 0.508 e. The number of aromatic nitrogens is 2. The molecule has 1 aliphatic rings. The number of aromatic amines is 1. The lowest BCUT2D eigenvalue weighted by molar-refractivity contribution is -0.141. The fourth-order valence-electron chi connectivity index (χ4n) is 6.49. The van der Waals surface area contributed by atoms with Crippen LogP contribution in [0, 0.1) is 5.92 Å². The Hall–Kier alpha value is -6.25. The first kappa shape index (κ1) is 47.1. The average Bonchev–Trinajstić information content (AvgIpc) is 3.91. The van der Waals surface area contributed by atoms with E-state index in [0.29, 0.717) is 36.9 Å². The van der Waals surface area contributed by atoms with Crippen LogP contribution in [0.1, 0.15) is 64.1 Å². The summed E-state index contributed by atoms with van der Waals surface area (Å²) < 4.78 is 0. The van der Waals surface area contributed by atoms with Gasteiger partial charge in [-0.3, -0.25) is 38.6 Å². The maximum absolute atomic E-state index is 14.2. The number of guanidine groups is 1. The first-order chi connectivity index (χ1) is 28.0. The van der Waals surface area contributed by atoms with Crippen LogP contribution in [-0.4, -0.2) is 130 Å². The third kappa shape index (κ3) is 14.9. The first-order valence-corrected chi connectivity index (χ1v) is 19.6. The third-order valence-electron chi connectivity index (χ3n) is 9.95. The molecule has 7 amide bonds. The smallest absolute Gasteiger partial charge is 0.246 e. The number of likely N-dealkylation sites (tertiary alicyclic amines) is 1. The molecule has 0 bridgehead atoms. The van der Waals surface area contributed by atoms with Crippen molar-refractivity contribution in [1.29, 1.82) is 0 Å². The molecular weight excluding hydrogens is 767 g/mol. The zero-order chi connectivity index (χ0) is 43.6. The topological polar surface area (TPSA) is 334 Å². The zero-order valence-electron chi connectivity index (χ0n) is 34.0. The molecule has 59 heavy (non-hydrogen) atoms. The fraction of sp³-hybridized carbons (Fsp3) is 0.553. The van der Waals surface area contributed by atoms with Crippen LogP contribution in [0.15, 0.2) is 41.8 Å². The van der Waals surface area contributed by atoms with E-state index in [4.69, 9.17) is 17.2 Å². The summed E-state index contributed by atoms with van der Waals surface area (Å²) in [5, 5.41) is 26.0. The van der Waals surface area contributed by atoms with Crippen molar-refractivity contribution in [3.63, 3.8) is 0 Å². The second-order valence-corrected chi connectivity index (χ2v) is 14.6. The van der Waals surface area contributed by atoms with Crippen LogP contribution in [-0.2, 0) is 46.4 Å². The number of rotatable bonds is 23. The Morgan fingerprint density at radius 1 is 0.898 bits per heavy atom. The van der Waals surface area contributed by atoms with Crippen molar-refractivity contribution < 1.29 is 38.7 Å². The van der Waals surface area contributed by atoms with Crippen molar-refractivity contribution >= 4 is 47.3 Å². The number of amides is 7. The minimum Gasteiger partial charge on any atom is -0.508 e. The van der Waals surface area contributed by atoms with Crippen LogP contribution in [0.4, 0.5) is 0 Å². The van der Waals surface area contributed by atoms with E-state index in [0.717, 1.165) is 0 Å². The molecule has 1 fully saturated rings. The molecule has 1 aromatic heterocycles. The first-order valence-electron chi connectivity index (χ1n) is 19.6. The van der Waals surface area contributed by atoms with Crippen molar-refractivity contribution in [2.75, 3.05) is 26.7 Å². The summed E-state index contributed by atoms with van der Waals surface area (Å²) in [6.07, 6.45) is 4.72. The van der Waals surface area contributed by atoms with Crippen LogP contribution in [0.2, 0.25) is 0 Å². The van der Waals surface area contributed by atoms with E-state index in [1.54, 1.807) is 26.1 Å². The lowest BCUT2D eigenvalue weighted by Crippen LogP contribution is -2.61. The highest BCUT2D eigenvalue weighted by molar-refractivity contribution is 5.97. The molecule has 2 heterocycles. The molecule has 1 aliphatic heterocycles. The van der Waals surface area contributed by atoms with Crippen molar-refractivity contribution in [2.45, 2.75) is 102 Å². The summed E-state index contributed by atoms with van der Waals surface area (Å²) in [6, 6.07) is -0.733. The van der Waals surface area contributed by atoms with Crippen molar-refractivity contribution in [1.82, 2.24) is 46.8 Å². The zero-order valence-corrected chi connectivity index (χ0v) is 34.0. The van der Waals surface area contributed by atoms with Gasteiger partial charge in [-0.2, -0.15) is 0 Å². The Morgan fingerprint density at radius 3 is 2.19 bits per heavy atom. The van der Waals surface area contributed by atoms with E-state index < -0.39 is 83.5 Å². The Morgan fingerprint density at radius 2 is 1.58 bits per heavy atom. The molecular formula is C38H59N13O8. The summed E-state index contributed by atoms with van der Waals surface area (Å²) in [4.78, 5) is 106. The number of H-pyrrole nitrogens is 1. The number of carbonyl (C=O) groups is 7. The second kappa shape index (κ2) is 23.2. The van der Waals surface area contributed by atoms with Gasteiger partial charge in [0, 0.05) is 37.8 Å². The number of hydrogen-bond donors (Lipinski definition) is 11. The maximum atomic E-state index is 14.2. The Labute approximate surface area is 342 Å². The number of imidazole rings is 1. The Kier molecular flexibility index (Phi) is 18.6. The summed E-state index contributed by atoms with van der Waals surface area (Å²) in [7, 11) is 1.57. The van der Waals surface area contributed by atoms with Gasteiger partial charge < -0.3 is 64.1 Å². The standard InChI is InChI=1S/C38H59N13O8/c1-5-21(2)31(36(58)49-28(17-24-18-43-20-45-24)37(59)51-15-7-9-29(51)32(39)54)50-35(57)27(16-23-10-12-25(52)13-11-23)48-33(55)22(3)46-34(56)26(47-30(53)19-42-4)8-6-14-44-38(40)41/h10-13,18,20-22,26-29,31,42,52H,5-9,14-17,19H2,1-4H3,(H2,39,54)(H,43,45)(H,46,56)(H,47,53)(H,48,55)(H,49,58)(H,50,57)(H4,40,41,44)/t21-,22-,26-,27-,28-,29+,31-/m0/s1. The van der Waals surface area contributed by atoms with E-state index >= 15 is 0 Å². The quantitative estimate of drug-likeness (QED) is 0.0306. The molecule has 324 valence electrons. The highest BCUT2D eigenvalue weighted by Crippen LogP contribution is 2.20. The highest BCUT2D eigenvalue weighted by atomic mass is 16.3. The summed E-state index contributed by atoms with van der Waals surface area (Å²) >= 11 is 0. The molecule has 0 unspecified atom stereocenters. The minimum absolute atomic E-state index is 0.00711. The van der Waals surface area contributed by atoms with Gasteiger partial charge in [-0.1, -0.05) is 32.4 Å². The van der Waals surface area contributed by atoms with Gasteiger partial charge in [0.2, 0.25) is 41.4 Å². The number of likely N-dealkylation sites (N-methyl/N-ethyl adjacent to an activating group) is 1. The van der Waals surface area contributed by atoms with Gasteiger partial charge in [0.1, 0.15) is 42.0 Å². The number of phenols is 1. The molecule has 0 spiro atoms. The van der Waals surface area contributed by atoms with Crippen LogP contribution in [0.25, 0.3) is 0 Å². The maximum Gasteiger partial charge on any atom is 0.246 e. The molecule has 1 saturated heterocycles. The van der Waals surface area contributed by atoms with Crippen molar-refractivity contribution in [2.24, 2.45) is 28.1 Å². The lowest BCUT2D eigenvalue weighted by atomic mass is 9.96. The Bertz CT molecular complexity index is 1770. The summed E-state index contributed by atoms with van der Waals surface area (Å²) in [5.74, 6) is -5.07. The van der Waals surface area contributed by atoms with Crippen LogP contribution >= 0.6 is 0 Å². The summed E-state index contributed by atoms with van der Waals surface area (Å²) in [6.45, 7) is 5.38. The van der Waals surface area contributed by atoms with E-state index in [2.05, 4.69) is 46.9 Å². The number of nitrogens with one attached hydrogen (secondary N) is 7. The highest BCUT2D eigenvalue weighted by Gasteiger charge is 2.39. The third-order valence-corrected chi connectivity index (χ3v) is 9.95. The molecule has 0 radical (unpaired) electrons. The number of nitrogens with zero attached hydrogens (tertiary/aromatic N) is 3. The molecule has 3 rings (SSSR count). The number of benzene rings is 1. The van der Waals surface area contributed by atoms with Gasteiger partial charge in [0.05, 0.1) is 12.9 Å². The van der Waals surface area contributed by atoms with Crippen LogP contribution < -0.4 is 49.1 Å². The normalized spacial score (nSPS) is 16.6. The SMILES string of the molecule is CC[C@H](C)[C@H](NC(=O)[C@H](Cc1ccc(O)cc1)NC(=O)[C@H](C)NC(=O)[C@H](CCCN=C(N)N)NC(=O)CNC)C(=O)N[C@@H](Cc1cnc[nH]1)C(=O)N1CCC[C@@H]1C(N)=O. The average molecular weight is 826 g/mol. The fourth-order valence-corrected chi connectivity index (χ4v) is 6.49. The van der Waals surface area contributed by atoms with Gasteiger partial charge in [-0.25, -0.2) is 4.98 Å². The molecule has 21 nitrogen and oxygen atoms in total. The number of aromatic hydroxyl groups is 1. The number of carbonyl (C=O) groups excluding carboxylic acids is 7. The van der Waals surface area contributed by atoms with Crippen molar-refractivity contribution in [3.05, 3.63) is 48.0 Å². The molecule has 14 N–H and O–H groups in total. The minimum atomic E-state index is -1.29. The molecule has 7 atom stereocenters. The second-order valence-electron chi connectivity index (χ2n) is 14.6. The monoisotopic (exact) mass is 825 g/mol. The van der Waals surface area contributed by atoms with Crippen molar-refractivity contribution in [3.8, 4) is 5.75 Å². The van der Waals surface area contributed by atoms with Gasteiger partial charge in [-0.15, -0.1) is 0 Å². The molecule has 1 aromatic carbocycles. The predicted octanol–water partition coefficient (Wildman–Crippen LogP) is -2.86. The molecule has 2 aromatic rings. The lowest BCUT2D eigenvalue weighted by Gasteiger charge is -2.31. The van der Waals surface area contributed by atoms with Gasteiger partial charge in [-0.05, 0) is 63.3 Å².